The van der Waals surface area contributed by atoms with Crippen LogP contribution in [0.3, 0.4) is 0 Å². The Morgan fingerprint density at radius 1 is 0.889 bits per heavy atom. The number of hydrogen-bond donors (Lipinski definition) is 0. The summed E-state index contributed by atoms with van der Waals surface area (Å²) in [5.74, 6) is 0.847. The molecule has 27 heavy (non-hydrogen) atoms. The fourth-order valence-electron chi connectivity index (χ4n) is 4.60. The summed E-state index contributed by atoms with van der Waals surface area (Å²) in [6, 6.07) is 0. The van der Waals surface area contributed by atoms with Gasteiger partial charge >= 0.3 is 0 Å². The molecule has 0 N–H and O–H groups in total. The second kappa shape index (κ2) is 7.53. The molecule has 0 bridgehead atoms. The summed E-state index contributed by atoms with van der Waals surface area (Å²) < 4.78 is 29.0. The van der Waals surface area contributed by atoms with Gasteiger partial charge in [0.1, 0.15) is 0 Å². The van der Waals surface area contributed by atoms with Crippen LogP contribution in [-0.2, 0) is 19.8 Å². The molecule has 0 aromatic carbocycles. The van der Waals surface area contributed by atoms with Crippen molar-refractivity contribution in [2.24, 2.45) is 0 Å². The number of carbonyl (C=O) groups is 2. The molecule has 0 saturated carbocycles. The third-order valence-electron chi connectivity index (χ3n) is 6.15. The third kappa shape index (κ3) is 3.38. The van der Waals surface area contributed by atoms with Crippen molar-refractivity contribution >= 4 is 33.8 Å². The predicted octanol–water partition coefficient (Wildman–Crippen LogP) is 0.317. The van der Waals surface area contributed by atoms with E-state index in [1.807, 2.05) is 0 Å². The van der Waals surface area contributed by atoms with E-state index in [0.717, 1.165) is 31.4 Å². The molecule has 4 aliphatic heterocycles. The Hall–Kier alpha value is -0.840. The van der Waals surface area contributed by atoms with Gasteiger partial charge in [0.05, 0.1) is 0 Å². The Balaban J connectivity index is 1.40. The van der Waals surface area contributed by atoms with E-state index in [2.05, 4.69) is 0 Å². The lowest BCUT2D eigenvalue weighted by Crippen LogP contribution is -2.59. The van der Waals surface area contributed by atoms with Gasteiger partial charge in [0.25, 0.3) is 16.1 Å². The molecule has 4 rings (SSSR count). The lowest BCUT2D eigenvalue weighted by molar-refractivity contribution is -0.143. The number of hydrogen-bond acceptors (Lipinski definition) is 5. The van der Waals surface area contributed by atoms with Crippen LogP contribution in [0.15, 0.2) is 0 Å². The van der Waals surface area contributed by atoms with Gasteiger partial charge in [-0.15, -0.1) is 11.8 Å². The van der Waals surface area contributed by atoms with Gasteiger partial charge in [-0.3, -0.25) is 9.59 Å². The molecule has 4 heterocycles. The maximum Gasteiger partial charge on any atom is 0.282 e. The van der Waals surface area contributed by atoms with Gasteiger partial charge < -0.3 is 9.80 Å². The molecule has 152 valence electrons. The molecule has 0 unspecified atom stereocenters. The van der Waals surface area contributed by atoms with Gasteiger partial charge in [-0.2, -0.15) is 17.0 Å². The van der Waals surface area contributed by atoms with Crippen molar-refractivity contribution in [2.75, 3.05) is 51.6 Å². The van der Waals surface area contributed by atoms with E-state index >= 15 is 0 Å². The fraction of sp³-hybridized carbons (Fsp3) is 0.882. The minimum absolute atomic E-state index is 0.0114. The van der Waals surface area contributed by atoms with Crippen LogP contribution in [0, 0.1) is 0 Å². The van der Waals surface area contributed by atoms with Crippen LogP contribution in [0.5, 0.6) is 0 Å². The standard InChI is InChI=1S/C17H28N4O4S2/c22-15-5-6-17(21(15)13-14-26-17)16(23)18-9-11-20(12-10-18)27(24,25)19-7-3-1-2-4-8-19/h1-14H2/t17-/m0/s1. The maximum atomic E-state index is 13.2. The molecule has 1 atom stereocenters. The second-order valence-electron chi connectivity index (χ2n) is 7.69. The molecule has 0 aromatic heterocycles. The lowest BCUT2D eigenvalue weighted by Gasteiger charge is -2.40. The number of fused-ring (bicyclic) bond motifs is 1. The van der Waals surface area contributed by atoms with E-state index in [1.54, 1.807) is 25.9 Å². The molecule has 0 radical (unpaired) electrons. The Bertz CT molecular complexity index is 700. The highest BCUT2D eigenvalue weighted by Crippen LogP contribution is 2.46. The van der Waals surface area contributed by atoms with E-state index in [4.69, 9.17) is 0 Å². The van der Waals surface area contributed by atoms with E-state index < -0.39 is 15.1 Å². The Kier molecular flexibility index (Phi) is 5.43. The summed E-state index contributed by atoms with van der Waals surface area (Å²) in [4.78, 5) is 28.0. The zero-order valence-corrected chi connectivity index (χ0v) is 17.3. The van der Waals surface area contributed by atoms with Gasteiger partial charge in [-0.05, 0) is 19.3 Å². The molecular formula is C17H28N4O4S2. The summed E-state index contributed by atoms with van der Waals surface area (Å²) in [5, 5.41) is 0. The topological polar surface area (TPSA) is 81.2 Å². The summed E-state index contributed by atoms with van der Waals surface area (Å²) in [6.07, 6.45) is 5.01. The monoisotopic (exact) mass is 416 g/mol. The van der Waals surface area contributed by atoms with E-state index in [1.165, 1.54) is 4.31 Å². The van der Waals surface area contributed by atoms with E-state index in [-0.39, 0.29) is 11.8 Å². The highest BCUT2D eigenvalue weighted by molar-refractivity contribution is 8.01. The smallest absolute Gasteiger partial charge is 0.282 e. The first-order valence-electron chi connectivity index (χ1n) is 9.94. The Morgan fingerprint density at radius 3 is 2.19 bits per heavy atom. The molecule has 0 aromatic rings. The molecule has 10 heteroatoms. The normalized spacial score (nSPS) is 31.2. The maximum absolute atomic E-state index is 13.2. The highest BCUT2D eigenvalue weighted by Gasteiger charge is 2.56. The molecule has 2 amide bonds. The molecule has 4 saturated heterocycles. The van der Waals surface area contributed by atoms with Gasteiger partial charge in [0.2, 0.25) is 5.91 Å². The Morgan fingerprint density at radius 2 is 1.52 bits per heavy atom. The molecule has 0 spiro atoms. The van der Waals surface area contributed by atoms with Crippen molar-refractivity contribution < 1.29 is 18.0 Å². The first-order chi connectivity index (χ1) is 12.9. The number of thioether (sulfide) groups is 1. The largest absolute Gasteiger partial charge is 0.337 e. The summed E-state index contributed by atoms with van der Waals surface area (Å²) in [5.41, 5.74) is 0. The number of piperazine rings is 1. The van der Waals surface area contributed by atoms with Crippen LogP contribution < -0.4 is 0 Å². The highest BCUT2D eigenvalue weighted by atomic mass is 32.2. The summed E-state index contributed by atoms with van der Waals surface area (Å²) >= 11 is 1.57. The van der Waals surface area contributed by atoms with Crippen molar-refractivity contribution in [1.82, 2.24) is 18.4 Å². The van der Waals surface area contributed by atoms with Crippen LogP contribution in [-0.4, -0.2) is 95.1 Å². The zero-order chi connectivity index (χ0) is 19.1. The summed E-state index contributed by atoms with van der Waals surface area (Å²) in [7, 11) is -3.45. The molecule has 4 aliphatic rings. The molecule has 0 aliphatic carbocycles. The van der Waals surface area contributed by atoms with Crippen molar-refractivity contribution in [1.29, 1.82) is 0 Å². The van der Waals surface area contributed by atoms with Gasteiger partial charge in [0.15, 0.2) is 4.87 Å². The number of rotatable bonds is 3. The predicted molar refractivity (Wildman–Crippen MR) is 103 cm³/mol. The Labute approximate surface area is 165 Å². The van der Waals surface area contributed by atoms with E-state index in [9.17, 15) is 18.0 Å². The van der Waals surface area contributed by atoms with Gasteiger partial charge in [0, 0.05) is 58.0 Å². The lowest BCUT2D eigenvalue weighted by atomic mass is 10.1. The first kappa shape index (κ1) is 19.5. The minimum atomic E-state index is -3.45. The van der Waals surface area contributed by atoms with Crippen LogP contribution >= 0.6 is 11.8 Å². The van der Waals surface area contributed by atoms with Crippen molar-refractivity contribution in [3.63, 3.8) is 0 Å². The third-order valence-corrected chi connectivity index (χ3v) is 9.65. The van der Waals surface area contributed by atoms with Crippen molar-refractivity contribution in [3.8, 4) is 0 Å². The molecule has 4 fully saturated rings. The second-order valence-corrected chi connectivity index (χ2v) is 11.0. The first-order valence-corrected chi connectivity index (χ1v) is 12.3. The number of carbonyl (C=O) groups excluding carboxylic acids is 2. The average molecular weight is 417 g/mol. The number of nitrogens with zero attached hydrogens (tertiary/aromatic N) is 4. The van der Waals surface area contributed by atoms with E-state index in [0.29, 0.717) is 58.7 Å². The molecular weight excluding hydrogens is 388 g/mol. The number of amides is 2. The van der Waals surface area contributed by atoms with Gasteiger partial charge in [-0.1, -0.05) is 12.8 Å². The zero-order valence-electron chi connectivity index (χ0n) is 15.6. The van der Waals surface area contributed by atoms with Crippen LogP contribution in [0.1, 0.15) is 38.5 Å². The average Bonchev–Trinajstić information content (AvgIpc) is 3.10. The molecule has 8 nitrogen and oxygen atoms in total. The van der Waals surface area contributed by atoms with Gasteiger partial charge in [-0.25, -0.2) is 0 Å². The van der Waals surface area contributed by atoms with Crippen molar-refractivity contribution in [3.05, 3.63) is 0 Å². The van der Waals surface area contributed by atoms with Crippen LogP contribution in [0.4, 0.5) is 0 Å². The summed E-state index contributed by atoms with van der Waals surface area (Å²) in [6.45, 7) is 3.29. The van der Waals surface area contributed by atoms with Crippen LogP contribution in [0.25, 0.3) is 0 Å². The minimum Gasteiger partial charge on any atom is -0.337 e. The quantitative estimate of drug-likeness (QED) is 0.662. The van der Waals surface area contributed by atoms with Crippen LogP contribution in [0.2, 0.25) is 0 Å². The van der Waals surface area contributed by atoms with Crippen molar-refractivity contribution in [2.45, 2.75) is 43.4 Å². The fourth-order valence-corrected chi connectivity index (χ4v) is 7.73. The SMILES string of the molecule is O=C1CC[C@@]2(C(=O)N3CCN(S(=O)(=O)N4CCCCCC4)CC3)SCCN12.